The van der Waals surface area contributed by atoms with E-state index < -0.39 is 0 Å². The van der Waals surface area contributed by atoms with Gasteiger partial charge in [-0.25, -0.2) is 0 Å². The summed E-state index contributed by atoms with van der Waals surface area (Å²) in [4.78, 5) is 11.8. The number of carbonyl (C=O) groups is 1. The Balaban J connectivity index is 2.60. The highest BCUT2D eigenvalue weighted by Gasteiger charge is 2.09. The topological polar surface area (TPSA) is 29.1 Å². The first kappa shape index (κ1) is 13.0. The summed E-state index contributed by atoms with van der Waals surface area (Å²) < 4.78 is 1.01. The monoisotopic (exact) mass is 327 g/mol. The molecule has 1 rings (SSSR count). The highest BCUT2D eigenvalue weighted by atomic mass is 127. The summed E-state index contributed by atoms with van der Waals surface area (Å²) in [6, 6.07) is 5.73. The molecule has 0 fully saturated rings. The van der Waals surface area contributed by atoms with Crippen LogP contribution < -0.4 is 5.32 Å². The van der Waals surface area contributed by atoms with Gasteiger partial charge in [-0.15, -0.1) is 12.3 Å². The predicted octanol–water partition coefficient (Wildman–Crippen LogP) is 2.74. The normalized spacial score (nSPS) is 9.56. The molecule has 1 aromatic rings. The third-order valence-electron chi connectivity index (χ3n) is 2.22. The largest absolute Gasteiger partial charge is 0.352 e. The number of hydrogen-bond acceptors (Lipinski definition) is 1. The summed E-state index contributed by atoms with van der Waals surface area (Å²) in [6.07, 6.45) is 6.66. The van der Waals surface area contributed by atoms with E-state index in [1.54, 1.807) is 0 Å². The van der Waals surface area contributed by atoms with Crippen molar-refractivity contribution in [1.82, 2.24) is 5.32 Å². The van der Waals surface area contributed by atoms with Gasteiger partial charge in [0, 0.05) is 16.5 Å². The van der Waals surface area contributed by atoms with Gasteiger partial charge in [-0.05, 0) is 47.6 Å². The maximum atomic E-state index is 11.8. The van der Waals surface area contributed by atoms with Crippen molar-refractivity contribution in [1.29, 1.82) is 0 Å². The van der Waals surface area contributed by atoms with Gasteiger partial charge in [-0.1, -0.05) is 12.1 Å². The lowest BCUT2D eigenvalue weighted by Crippen LogP contribution is -2.25. The predicted molar refractivity (Wildman–Crippen MR) is 74.3 cm³/mol. The number of amides is 1. The maximum Gasteiger partial charge on any atom is 0.252 e. The Morgan fingerprint density at radius 3 is 3.00 bits per heavy atom. The minimum atomic E-state index is -0.0230. The number of unbranched alkanes of at least 4 members (excludes halogenated alkanes) is 1. The van der Waals surface area contributed by atoms with E-state index >= 15 is 0 Å². The first-order valence-electron chi connectivity index (χ1n) is 5.13. The Morgan fingerprint density at radius 1 is 1.56 bits per heavy atom. The Bertz CT molecular complexity index is 420. The van der Waals surface area contributed by atoms with Crippen molar-refractivity contribution >= 4 is 28.5 Å². The molecule has 84 valence electrons. The second-order valence-electron chi connectivity index (χ2n) is 3.50. The van der Waals surface area contributed by atoms with Crippen molar-refractivity contribution in [2.75, 3.05) is 6.54 Å². The van der Waals surface area contributed by atoms with E-state index in [2.05, 4.69) is 33.8 Å². The molecule has 0 aliphatic heterocycles. The zero-order valence-corrected chi connectivity index (χ0v) is 11.4. The third-order valence-corrected chi connectivity index (χ3v) is 3.65. The molecule has 3 heteroatoms. The molecule has 0 bridgehead atoms. The van der Waals surface area contributed by atoms with E-state index in [0.29, 0.717) is 13.0 Å². The van der Waals surface area contributed by atoms with Crippen molar-refractivity contribution in [2.45, 2.75) is 19.8 Å². The fraction of sp³-hybridized carbons (Fsp3) is 0.308. The van der Waals surface area contributed by atoms with Crippen LogP contribution in [-0.2, 0) is 0 Å². The second-order valence-corrected chi connectivity index (χ2v) is 4.58. The zero-order valence-electron chi connectivity index (χ0n) is 9.22. The maximum absolute atomic E-state index is 11.8. The fourth-order valence-electron chi connectivity index (χ4n) is 1.31. The summed E-state index contributed by atoms with van der Waals surface area (Å²) in [7, 11) is 0. The lowest BCUT2D eigenvalue weighted by molar-refractivity contribution is 0.0952. The molecule has 0 saturated carbocycles. The van der Waals surface area contributed by atoms with E-state index in [0.717, 1.165) is 21.1 Å². The fourth-order valence-corrected chi connectivity index (χ4v) is 1.91. The quantitative estimate of drug-likeness (QED) is 0.514. The summed E-state index contributed by atoms with van der Waals surface area (Å²) in [6.45, 7) is 2.63. The van der Waals surface area contributed by atoms with Crippen molar-refractivity contribution < 1.29 is 4.79 Å². The highest BCUT2D eigenvalue weighted by molar-refractivity contribution is 14.1. The van der Waals surface area contributed by atoms with Crippen LogP contribution in [0.15, 0.2) is 18.2 Å². The molecule has 0 aromatic heterocycles. The molecule has 0 unspecified atom stereocenters. The van der Waals surface area contributed by atoms with Gasteiger partial charge >= 0.3 is 0 Å². The molecule has 1 aromatic carbocycles. The van der Waals surface area contributed by atoms with Crippen LogP contribution in [0, 0.1) is 22.8 Å². The highest BCUT2D eigenvalue weighted by Crippen LogP contribution is 2.16. The van der Waals surface area contributed by atoms with Crippen LogP contribution in [-0.4, -0.2) is 12.5 Å². The molecule has 0 aliphatic carbocycles. The molecule has 0 aliphatic rings. The molecule has 1 amide bonds. The van der Waals surface area contributed by atoms with E-state index in [4.69, 9.17) is 6.42 Å². The lowest BCUT2D eigenvalue weighted by atomic mass is 10.1. The van der Waals surface area contributed by atoms with Gasteiger partial charge in [-0.2, -0.15) is 0 Å². The molecular formula is C13H14INO. The van der Waals surface area contributed by atoms with E-state index in [1.807, 2.05) is 25.1 Å². The third kappa shape index (κ3) is 3.53. The standard InChI is InChI=1S/C13H14INO/c1-3-4-5-9-15-13(16)11-8-6-7-10(2)12(11)14/h1,6-8H,4-5,9H2,2H3,(H,15,16). The SMILES string of the molecule is C#CCCCNC(=O)c1cccc(C)c1I. The molecule has 1 N–H and O–H groups in total. The van der Waals surface area contributed by atoms with Crippen LogP contribution in [0.3, 0.4) is 0 Å². The summed E-state index contributed by atoms with van der Waals surface area (Å²) in [5.41, 5.74) is 1.86. The molecular weight excluding hydrogens is 313 g/mol. The summed E-state index contributed by atoms with van der Waals surface area (Å²) in [5.74, 6) is 2.53. The Kier molecular flexibility index (Phi) is 5.33. The number of carbonyl (C=O) groups excluding carboxylic acids is 1. The Labute approximate surface area is 110 Å². The number of terminal acetylenes is 1. The Morgan fingerprint density at radius 2 is 2.31 bits per heavy atom. The van der Waals surface area contributed by atoms with Gasteiger partial charge in [-0.3, -0.25) is 4.79 Å². The van der Waals surface area contributed by atoms with Crippen LogP contribution in [0.25, 0.3) is 0 Å². The summed E-state index contributed by atoms with van der Waals surface area (Å²) >= 11 is 2.20. The molecule has 0 spiro atoms. The number of rotatable bonds is 4. The molecule has 0 heterocycles. The smallest absolute Gasteiger partial charge is 0.252 e. The first-order valence-corrected chi connectivity index (χ1v) is 6.21. The number of halogens is 1. The molecule has 0 atom stereocenters. The van der Waals surface area contributed by atoms with Crippen molar-refractivity contribution in [3.63, 3.8) is 0 Å². The van der Waals surface area contributed by atoms with Gasteiger partial charge in [0.1, 0.15) is 0 Å². The molecule has 16 heavy (non-hydrogen) atoms. The zero-order chi connectivity index (χ0) is 12.0. The minimum Gasteiger partial charge on any atom is -0.352 e. The minimum absolute atomic E-state index is 0.0230. The molecule has 0 saturated heterocycles. The van der Waals surface area contributed by atoms with Crippen LogP contribution in [0.4, 0.5) is 0 Å². The molecule has 2 nitrogen and oxygen atoms in total. The van der Waals surface area contributed by atoms with Crippen molar-refractivity contribution in [2.24, 2.45) is 0 Å². The average molecular weight is 327 g/mol. The van der Waals surface area contributed by atoms with Crippen molar-refractivity contribution in [3.8, 4) is 12.3 Å². The first-order chi connectivity index (χ1) is 7.66. The molecule has 0 radical (unpaired) electrons. The van der Waals surface area contributed by atoms with Crippen LogP contribution >= 0.6 is 22.6 Å². The van der Waals surface area contributed by atoms with Gasteiger partial charge < -0.3 is 5.32 Å². The van der Waals surface area contributed by atoms with Crippen LogP contribution in [0.2, 0.25) is 0 Å². The van der Waals surface area contributed by atoms with Crippen LogP contribution in [0.1, 0.15) is 28.8 Å². The number of hydrogen-bond donors (Lipinski definition) is 1. The van der Waals surface area contributed by atoms with Crippen LogP contribution in [0.5, 0.6) is 0 Å². The average Bonchev–Trinajstić information content (AvgIpc) is 2.28. The number of benzene rings is 1. The van der Waals surface area contributed by atoms with E-state index in [-0.39, 0.29) is 5.91 Å². The number of nitrogens with one attached hydrogen (secondary N) is 1. The second kappa shape index (κ2) is 6.54. The number of aryl methyl sites for hydroxylation is 1. The Hall–Kier alpha value is -1.02. The van der Waals surface area contributed by atoms with Gasteiger partial charge in [0.15, 0.2) is 0 Å². The van der Waals surface area contributed by atoms with E-state index in [9.17, 15) is 4.79 Å². The van der Waals surface area contributed by atoms with Gasteiger partial charge in [0.2, 0.25) is 0 Å². The van der Waals surface area contributed by atoms with Crippen molar-refractivity contribution in [3.05, 3.63) is 32.9 Å². The van der Waals surface area contributed by atoms with Gasteiger partial charge in [0.05, 0.1) is 5.56 Å². The van der Waals surface area contributed by atoms with E-state index in [1.165, 1.54) is 0 Å². The van der Waals surface area contributed by atoms with Gasteiger partial charge in [0.25, 0.3) is 5.91 Å². The lowest BCUT2D eigenvalue weighted by Gasteiger charge is -2.07. The summed E-state index contributed by atoms with van der Waals surface area (Å²) in [5, 5.41) is 2.86.